The number of fused-ring (bicyclic) bond motifs is 2. The first-order valence-electron chi connectivity index (χ1n) is 13.9. The lowest BCUT2D eigenvalue weighted by Crippen LogP contribution is -2.24. The van der Waals surface area contributed by atoms with E-state index in [9.17, 15) is 14.4 Å². The average Bonchev–Trinajstić information content (AvgIpc) is 2.90. The summed E-state index contributed by atoms with van der Waals surface area (Å²) >= 11 is 0. The van der Waals surface area contributed by atoms with E-state index in [0.29, 0.717) is 66.2 Å². The molecule has 2 aromatic carbocycles. The molecule has 4 rings (SSSR count). The number of Topliss-reactive ketones (excluding diaryl/α,β-unsaturated/α-hetero) is 1. The van der Waals surface area contributed by atoms with Crippen molar-refractivity contribution >= 4 is 23.8 Å². The van der Waals surface area contributed by atoms with Gasteiger partial charge in [-0.2, -0.15) is 0 Å². The van der Waals surface area contributed by atoms with E-state index in [-0.39, 0.29) is 35.9 Å². The Morgan fingerprint density at radius 3 is 2.48 bits per heavy atom. The Bertz CT molecular complexity index is 1290. The van der Waals surface area contributed by atoms with Crippen LogP contribution in [0.4, 0.5) is 0 Å². The minimum atomic E-state index is -0.524. The molecule has 2 aromatic rings. The number of hydrogen-bond donors (Lipinski definition) is 0. The molecule has 0 spiro atoms. The van der Waals surface area contributed by atoms with E-state index in [1.807, 2.05) is 45.0 Å². The Labute approximate surface area is 235 Å². The highest BCUT2D eigenvalue weighted by molar-refractivity contribution is 5.99. The van der Waals surface area contributed by atoms with Gasteiger partial charge < -0.3 is 23.7 Å². The Morgan fingerprint density at radius 1 is 0.975 bits per heavy atom. The average molecular weight is 551 g/mol. The minimum Gasteiger partial charge on any atom is -0.495 e. The normalized spacial score (nSPS) is 20.1. The van der Waals surface area contributed by atoms with Gasteiger partial charge in [0.25, 0.3) is 0 Å². The summed E-state index contributed by atoms with van der Waals surface area (Å²) in [6.45, 7) is 5.70. The van der Waals surface area contributed by atoms with Crippen LogP contribution in [0.5, 0.6) is 23.0 Å². The summed E-state index contributed by atoms with van der Waals surface area (Å²) in [5, 5.41) is 0. The molecule has 0 saturated heterocycles. The molecule has 8 nitrogen and oxygen atoms in total. The molecule has 0 fully saturated rings. The summed E-state index contributed by atoms with van der Waals surface area (Å²) in [5.74, 6) is 0.643. The predicted molar refractivity (Wildman–Crippen MR) is 150 cm³/mol. The molecule has 214 valence electrons. The SMILES string of the molecule is COc1cc(C2CC(=O)Oc3cc4c(c(OC)c32)C(=O)OC(C)CCCC(=O)CCCC=C4)ccc1OC(C)C. The predicted octanol–water partition coefficient (Wildman–Crippen LogP) is 6.41. The van der Waals surface area contributed by atoms with E-state index >= 15 is 0 Å². The molecule has 0 N–H and O–H groups in total. The quantitative estimate of drug-likeness (QED) is 0.311. The van der Waals surface area contributed by atoms with Gasteiger partial charge in [0.1, 0.15) is 22.8 Å². The van der Waals surface area contributed by atoms with Crippen LogP contribution in [0, 0.1) is 0 Å². The third kappa shape index (κ3) is 6.66. The van der Waals surface area contributed by atoms with Crippen LogP contribution in [0.2, 0.25) is 0 Å². The fourth-order valence-electron chi connectivity index (χ4n) is 5.25. The van der Waals surface area contributed by atoms with E-state index < -0.39 is 11.9 Å². The van der Waals surface area contributed by atoms with Crippen LogP contribution in [0.1, 0.15) is 98.7 Å². The molecular weight excluding hydrogens is 512 g/mol. The number of methoxy groups -OCH3 is 2. The molecule has 0 radical (unpaired) electrons. The Morgan fingerprint density at radius 2 is 1.75 bits per heavy atom. The largest absolute Gasteiger partial charge is 0.495 e. The molecule has 40 heavy (non-hydrogen) atoms. The van der Waals surface area contributed by atoms with Crippen LogP contribution in [0.3, 0.4) is 0 Å². The highest BCUT2D eigenvalue weighted by atomic mass is 16.6. The number of ether oxygens (including phenoxy) is 5. The van der Waals surface area contributed by atoms with Gasteiger partial charge in [-0.1, -0.05) is 18.2 Å². The topological polar surface area (TPSA) is 97.4 Å². The highest BCUT2D eigenvalue weighted by Crippen LogP contribution is 2.48. The molecule has 2 atom stereocenters. The standard InChI is InChI=1S/C32H38O8/c1-19(2)38-25-15-14-21(16-26(25)36-4)24-18-28(34)40-27-17-22-11-7-6-8-12-23(33)13-9-10-20(3)39-32(35)29(22)31(37-5)30(24)27/h7,11,14-17,19-20,24H,6,8-10,12-13,18H2,1-5H3. The third-order valence-corrected chi connectivity index (χ3v) is 7.11. The first-order chi connectivity index (χ1) is 19.2. The summed E-state index contributed by atoms with van der Waals surface area (Å²) in [7, 11) is 3.07. The van der Waals surface area contributed by atoms with Gasteiger partial charge in [-0.15, -0.1) is 0 Å². The van der Waals surface area contributed by atoms with Crippen molar-refractivity contribution in [2.75, 3.05) is 14.2 Å². The van der Waals surface area contributed by atoms with E-state index in [1.54, 1.807) is 19.3 Å². The van der Waals surface area contributed by atoms with Crippen molar-refractivity contribution in [3.63, 3.8) is 0 Å². The maximum Gasteiger partial charge on any atom is 0.342 e. The number of rotatable bonds is 5. The van der Waals surface area contributed by atoms with Crippen LogP contribution < -0.4 is 18.9 Å². The van der Waals surface area contributed by atoms with Crippen LogP contribution in [0.15, 0.2) is 30.3 Å². The lowest BCUT2D eigenvalue weighted by molar-refractivity contribution is -0.135. The van der Waals surface area contributed by atoms with E-state index in [2.05, 4.69) is 0 Å². The van der Waals surface area contributed by atoms with Crippen LogP contribution in [-0.4, -0.2) is 44.1 Å². The van der Waals surface area contributed by atoms with Crippen LogP contribution >= 0.6 is 0 Å². The molecule has 8 heteroatoms. The molecule has 2 aliphatic heterocycles. The second-order valence-electron chi connectivity index (χ2n) is 10.5. The zero-order valence-electron chi connectivity index (χ0n) is 23.9. The van der Waals surface area contributed by atoms with Gasteiger partial charge in [0.2, 0.25) is 0 Å². The van der Waals surface area contributed by atoms with E-state index in [0.717, 1.165) is 12.0 Å². The van der Waals surface area contributed by atoms with Gasteiger partial charge in [-0.25, -0.2) is 4.79 Å². The summed E-state index contributed by atoms with van der Waals surface area (Å²) in [6.07, 6.45) is 7.00. The Hall–Kier alpha value is -3.81. The first kappa shape index (κ1) is 29.2. The van der Waals surface area contributed by atoms with Gasteiger partial charge >= 0.3 is 11.9 Å². The Kier molecular flexibility index (Phi) is 9.50. The van der Waals surface area contributed by atoms with Crippen molar-refractivity contribution in [1.29, 1.82) is 0 Å². The second-order valence-corrected chi connectivity index (χ2v) is 10.5. The lowest BCUT2D eigenvalue weighted by atomic mass is 9.83. The Balaban J connectivity index is 1.84. The maximum absolute atomic E-state index is 13.6. The minimum absolute atomic E-state index is 0.0397. The molecule has 0 aromatic heterocycles. The van der Waals surface area contributed by atoms with Crippen molar-refractivity contribution in [3.05, 3.63) is 52.6 Å². The van der Waals surface area contributed by atoms with Gasteiger partial charge in [0.15, 0.2) is 11.5 Å². The van der Waals surface area contributed by atoms with Crippen molar-refractivity contribution in [2.45, 2.75) is 83.8 Å². The highest BCUT2D eigenvalue weighted by Gasteiger charge is 2.36. The fourth-order valence-corrected chi connectivity index (χ4v) is 5.25. The van der Waals surface area contributed by atoms with Crippen molar-refractivity contribution < 1.29 is 38.1 Å². The summed E-state index contributed by atoms with van der Waals surface area (Å²) in [5.41, 5.74) is 2.21. The second kappa shape index (κ2) is 13.0. The molecule has 2 heterocycles. The number of benzene rings is 2. The molecular formula is C32H38O8. The molecule has 2 unspecified atom stereocenters. The van der Waals surface area contributed by atoms with Crippen molar-refractivity contribution in [1.82, 2.24) is 0 Å². The molecule has 0 bridgehead atoms. The van der Waals surface area contributed by atoms with Gasteiger partial charge in [0.05, 0.1) is 32.8 Å². The van der Waals surface area contributed by atoms with Crippen molar-refractivity contribution in [2.24, 2.45) is 0 Å². The molecule has 0 amide bonds. The number of esters is 2. The number of carbonyl (C=O) groups is 3. The van der Waals surface area contributed by atoms with Gasteiger partial charge in [-0.3, -0.25) is 9.59 Å². The number of cyclic esters (lactones) is 1. The fraction of sp³-hybridized carbons (Fsp3) is 0.469. The number of allylic oxidation sites excluding steroid dienone is 1. The number of carbonyl (C=O) groups excluding carboxylic acids is 3. The summed E-state index contributed by atoms with van der Waals surface area (Å²) in [4.78, 5) is 38.6. The smallest absolute Gasteiger partial charge is 0.342 e. The van der Waals surface area contributed by atoms with Crippen LogP contribution in [0.25, 0.3) is 6.08 Å². The lowest BCUT2D eigenvalue weighted by Gasteiger charge is -2.29. The molecule has 0 aliphatic carbocycles. The zero-order chi connectivity index (χ0) is 28.8. The van der Waals surface area contributed by atoms with Gasteiger partial charge in [-0.05, 0) is 75.8 Å². The first-order valence-corrected chi connectivity index (χ1v) is 13.9. The maximum atomic E-state index is 13.6. The zero-order valence-corrected chi connectivity index (χ0v) is 23.9. The van der Waals surface area contributed by atoms with Gasteiger partial charge in [0, 0.05) is 24.3 Å². The number of hydrogen-bond acceptors (Lipinski definition) is 8. The summed E-state index contributed by atoms with van der Waals surface area (Å²) < 4.78 is 28.9. The van der Waals surface area contributed by atoms with Crippen LogP contribution in [-0.2, 0) is 14.3 Å². The van der Waals surface area contributed by atoms with Crippen molar-refractivity contribution in [3.8, 4) is 23.0 Å². The van der Waals surface area contributed by atoms with E-state index in [4.69, 9.17) is 23.7 Å². The molecule has 0 saturated carbocycles. The summed E-state index contributed by atoms with van der Waals surface area (Å²) in [6, 6.07) is 7.26. The molecule has 2 aliphatic rings. The van der Waals surface area contributed by atoms with E-state index in [1.165, 1.54) is 7.11 Å². The monoisotopic (exact) mass is 550 g/mol. The third-order valence-electron chi connectivity index (χ3n) is 7.11. The number of ketones is 1.